The van der Waals surface area contributed by atoms with Crippen LogP contribution in [0.3, 0.4) is 0 Å². The van der Waals surface area contributed by atoms with Gasteiger partial charge in [-0.05, 0) is 83.5 Å². The SMILES string of the molecule is CCCCCCCC/C=C\CCCCCCCCNC(=O)O[C@@H]1[C@H](OC(=O)NCCCCCCCC/C=C\CCCCCCCC)[C@@H](Cn2cc(CNC(=O)[C@H](CCCCN=C(N)N)N=C(N)N)nn2)O[C@H]1n1ccc(=O)[nH]c1=O.O=C(O)C(F)(F)F.O=C(O)C(F)(F)F. The number of hydrogen-bond acceptors (Lipinski definition) is 14. The quantitative estimate of drug-likeness (QED) is 0.00968. The Hall–Kier alpha value is -7.67. The molecule has 26 nitrogen and oxygen atoms in total. The van der Waals surface area contributed by atoms with Crippen molar-refractivity contribution in [3.05, 3.63) is 69.3 Å². The molecule has 0 aliphatic carbocycles. The molecule has 14 N–H and O–H groups in total. The van der Waals surface area contributed by atoms with E-state index in [0.717, 1.165) is 113 Å². The van der Waals surface area contributed by atoms with Crippen LogP contribution in [0.15, 0.2) is 62.3 Å². The van der Waals surface area contributed by atoms with E-state index < -0.39 is 84.2 Å². The Balaban J connectivity index is 0.00000282. The monoisotopic (exact) mass is 1350 g/mol. The van der Waals surface area contributed by atoms with Crippen LogP contribution >= 0.6 is 0 Å². The zero-order valence-corrected chi connectivity index (χ0v) is 54.6. The molecule has 0 unspecified atom stereocenters. The van der Waals surface area contributed by atoms with Gasteiger partial charge in [-0.1, -0.05) is 159 Å². The van der Waals surface area contributed by atoms with Gasteiger partial charge in [0.05, 0.1) is 19.3 Å². The molecule has 536 valence electrons. The van der Waals surface area contributed by atoms with Crippen molar-refractivity contribution < 1.29 is 74.7 Å². The van der Waals surface area contributed by atoms with E-state index in [2.05, 4.69) is 79.4 Å². The van der Waals surface area contributed by atoms with E-state index >= 15 is 0 Å². The van der Waals surface area contributed by atoms with Crippen LogP contribution in [0.1, 0.15) is 225 Å². The van der Waals surface area contributed by atoms with Crippen molar-refractivity contribution >= 4 is 42.0 Å². The van der Waals surface area contributed by atoms with Gasteiger partial charge in [0.15, 0.2) is 30.4 Å². The molecular formula is C62H104F6N14O12. The number of carbonyl (C=O) groups is 5. The number of unbranched alkanes of at least 4 members (excludes halogenated alkanes) is 25. The lowest BCUT2D eigenvalue weighted by Gasteiger charge is -2.25. The van der Waals surface area contributed by atoms with E-state index in [1.54, 1.807) is 6.20 Å². The molecule has 3 heterocycles. The predicted molar refractivity (Wildman–Crippen MR) is 344 cm³/mol. The number of aliphatic carboxylic acids is 2. The number of aromatic nitrogens is 5. The Kier molecular flexibility index (Phi) is 45.6. The molecular weight excluding hydrogens is 1250 g/mol. The zero-order chi connectivity index (χ0) is 70.0. The number of hydrogen-bond donors (Lipinski definition) is 10. The highest BCUT2D eigenvalue weighted by Crippen LogP contribution is 2.34. The van der Waals surface area contributed by atoms with Gasteiger partial charge in [0.1, 0.15) is 17.8 Å². The Labute approximate surface area is 546 Å². The molecule has 1 saturated heterocycles. The molecule has 0 spiro atoms. The first kappa shape index (κ1) is 84.3. The smallest absolute Gasteiger partial charge is 0.475 e. The van der Waals surface area contributed by atoms with Gasteiger partial charge in [-0.2, -0.15) is 26.3 Å². The summed E-state index contributed by atoms with van der Waals surface area (Å²) in [5, 5.41) is 31.1. The van der Waals surface area contributed by atoms with Gasteiger partial charge in [0, 0.05) is 31.9 Å². The molecule has 0 aromatic carbocycles. The van der Waals surface area contributed by atoms with Crippen LogP contribution in [0, 0.1) is 0 Å². The van der Waals surface area contributed by atoms with Gasteiger partial charge in [-0.3, -0.25) is 24.1 Å². The van der Waals surface area contributed by atoms with E-state index in [1.165, 1.54) is 87.9 Å². The molecule has 32 heteroatoms. The molecule has 3 rings (SSSR count). The number of H-pyrrole nitrogens is 1. The number of allylic oxidation sites excluding steroid dienone is 4. The first-order chi connectivity index (χ1) is 44.8. The third-order valence-corrected chi connectivity index (χ3v) is 14.5. The second-order valence-corrected chi connectivity index (χ2v) is 22.7. The number of amides is 3. The molecule has 0 saturated carbocycles. The summed E-state index contributed by atoms with van der Waals surface area (Å²) in [6.45, 7) is 5.44. The van der Waals surface area contributed by atoms with Gasteiger partial charge in [0.25, 0.3) is 5.56 Å². The maximum atomic E-state index is 13.6. The molecule has 2 aromatic rings. The number of ether oxygens (including phenoxy) is 3. The van der Waals surface area contributed by atoms with E-state index in [0.29, 0.717) is 44.6 Å². The van der Waals surface area contributed by atoms with Crippen LogP contribution < -0.4 is 50.1 Å². The van der Waals surface area contributed by atoms with Crippen molar-refractivity contribution in [2.75, 3.05) is 19.6 Å². The Bertz CT molecular complexity index is 2640. The number of alkyl carbamates (subject to hydrolysis) is 2. The number of rotatable bonds is 46. The fourth-order valence-corrected chi connectivity index (χ4v) is 9.51. The summed E-state index contributed by atoms with van der Waals surface area (Å²) >= 11 is 0. The van der Waals surface area contributed by atoms with Crippen molar-refractivity contribution in [3.63, 3.8) is 0 Å². The standard InChI is InChI=1S/C58H102N14O8.2C2HF3O2/c1-3-5-7-9-11-13-15-17-19-21-23-25-27-29-31-34-40-64-57(76)79-50-48(45-71-44-46(69-70-71)43-66-52(74)47(67-55(61)62)37-33-36-39-63-54(59)60)78-53(72-42-38-49(73)68-56(72)75)51(50)80-58(77)65-41-35-32-30-28-26-24-22-20-18-16-14-12-10-8-6-4-2;2*3-2(4,5)1(6)7/h17-20,38,42,44,47-48,50-51,53H,3-16,21-37,39-41,43,45H2,1-2H3,(H,64,76)(H,65,77)(H,66,74)(H4,59,60,63)(H4,61,62,67)(H,68,73,75);2*(H,6,7)/b19-17-,20-18-;;/t47-,48+,50+,51+,53+;;/m0../s1. The van der Waals surface area contributed by atoms with Gasteiger partial charge in [-0.25, -0.2) is 33.6 Å². The minimum absolute atomic E-state index is 0.0198. The Morgan fingerprint density at radius 3 is 1.50 bits per heavy atom. The summed E-state index contributed by atoms with van der Waals surface area (Å²) in [6.07, 6.45) is 29.3. The highest BCUT2D eigenvalue weighted by Gasteiger charge is 2.51. The summed E-state index contributed by atoms with van der Waals surface area (Å²) < 4.78 is 84.5. The topological polar surface area (TPSA) is 404 Å². The molecule has 5 atom stereocenters. The van der Waals surface area contributed by atoms with Crippen molar-refractivity contribution in [3.8, 4) is 0 Å². The molecule has 0 bridgehead atoms. The third-order valence-electron chi connectivity index (χ3n) is 14.5. The first-order valence-electron chi connectivity index (χ1n) is 32.9. The van der Waals surface area contributed by atoms with Crippen LogP contribution in [0.2, 0.25) is 0 Å². The second-order valence-electron chi connectivity index (χ2n) is 22.7. The predicted octanol–water partition coefficient (Wildman–Crippen LogP) is 9.96. The fraction of sp³-hybridized carbons (Fsp3) is 0.726. The summed E-state index contributed by atoms with van der Waals surface area (Å²) in [4.78, 5) is 93.9. The normalized spacial score (nSPS) is 15.7. The van der Waals surface area contributed by atoms with Crippen molar-refractivity contribution in [2.24, 2.45) is 32.9 Å². The van der Waals surface area contributed by atoms with Crippen LogP contribution in [-0.4, -0.2) is 133 Å². The lowest BCUT2D eigenvalue weighted by Crippen LogP contribution is -2.45. The molecule has 0 radical (unpaired) electrons. The molecule has 1 aliphatic rings. The van der Waals surface area contributed by atoms with Gasteiger partial charge in [0.2, 0.25) is 5.91 Å². The number of aliphatic imine (C=N–C) groups is 2. The zero-order valence-electron chi connectivity index (χ0n) is 54.6. The second kappa shape index (κ2) is 50.8. The summed E-state index contributed by atoms with van der Waals surface area (Å²) in [6, 6.07) is 0.269. The highest BCUT2D eigenvalue weighted by molar-refractivity contribution is 5.86. The fourth-order valence-electron chi connectivity index (χ4n) is 9.51. The number of nitrogens with zero attached hydrogens (tertiary/aromatic N) is 6. The van der Waals surface area contributed by atoms with Crippen molar-refractivity contribution in [1.29, 1.82) is 0 Å². The Morgan fingerprint density at radius 2 is 1.07 bits per heavy atom. The largest absolute Gasteiger partial charge is 0.490 e. The average Bonchev–Trinajstić information content (AvgIpc) is 1.63. The number of carbonyl (C=O) groups excluding carboxylic acids is 3. The van der Waals surface area contributed by atoms with Gasteiger partial charge in [-0.15, -0.1) is 5.10 Å². The van der Waals surface area contributed by atoms with Crippen LogP contribution in [-0.2, 0) is 41.7 Å². The number of alkyl halides is 6. The first-order valence-corrected chi connectivity index (χ1v) is 32.9. The molecule has 3 amide bonds. The number of carboxylic acid groups (broad SMARTS) is 2. The van der Waals surface area contributed by atoms with E-state index in [1.807, 2.05) is 0 Å². The number of aromatic amines is 1. The molecule has 94 heavy (non-hydrogen) atoms. The van der Waals surface area contributed by atoms with Crippen LogP contribution in [0.25, 0.3) is 0 Å². The molecule has 1 aliphatic heterocycles. The highest BCUT2D eigenvalue weighted by atomic mass is 19.4. The molecule has 2 aromatic heterocycles. The van der Waals surface area contributed by atoms with Gasteiger partial charge >= 0.3 is 42.2 Å². The van der Waals surface area contributed by atoms with Crippen molar-refractivity contribution in [2.45, 2.75) is 269 Å². The van der Waals surface area contributed by atoms with Crippen molar-refractivity contribution in [1.82, 2.24) is 40.5 Å². The summed E-state index contributed by atoms with van der Waals surface area (Å²) in [5.74, 6) is -6.21. The van der Waals surface area contributed by atoms with Crippen LogP contribution in [0.4, 0.5) is 35.9 Å². The number of halogens is 6. The number of nitrogens with one attached hydrogen (secondary N) is 4. The number of guanidine groups is 2. The van der Waals surface area contributed by atoms with E-state index in [4.69, 9.17) is 56.9 Å². The summed E-state index contributed by atoms with van der Waals surface area (Å²) in [7, 11) is 0. The minimum atomic E-state index is -5.08. The van der Waals surface area contributed by atoms with Crippen LogP contribution in [0.5, 0.6) is 0 Å². The lowest BCUT2D eigenvalue weighted by atomic mass is 10.1. The molecule has 1 fully saturated rings. The number of nitrogens with two attached hydrogens (primary N) is 4. The van der Waals surface area contributed by atoms with Gasteiger partial charge < -0.3 is 63.3 Å². The average molecular weight is 1350 g/mol. The lowest BCUT2D eigenvalue weighted by molar-refractivity contribution is -0.193. The minimum Gasteiger partial charge on any atom is -0.475 e. The third kappa shape index (κ3) is 42.5. The van der Waals surface area contributed by atoms with E-state index in [-0.39, 0.29) is 25.0 Å². The maximum Gasteiger partial charge on any atom is 0.490 e. The Morgan fingerprint density at radius 1 is 0.638 bits per heavy atom. The number of carboxylic acids is 2. The van der Waals surface area contributed by atoms with E-state index in [9.17, 15) is 50.3 Å². The summed E-state index contributed by atoms with van der Waals surface area (Å²) in [5.41, 5.74) is 21.0. The maximum absolute atomic E-state index is 13.6.